The molecule has 0 aliphatic heterocycles. The number of carbonyl (C=O) groups is 2. The second-order valence-electron chi connectivity index (χ2n) is 21.4. The van der Waals surface area contributed by atoms with E-state index in [4.69, 9.17) is 4.74 Å². The molecule has 0 aromatic heterocycles. The SMILES string of the molecule is CCCCCCCCCCCCCCCCCC/C=C/C(O)C(CO)NC(=O)CCCCCCCCCCCCCCCCCCOC(=O)CCCCCCCCCCCCCCCCCCC. The van der Waals surface area contributed by atoms with Gasteiger partial charge in [-0.15, -0.1) is 0 Å². The minimum Gasteiger partial charge on any atom is -0.466 e. The van der Waals surface area contributed by atoms with Gasteiger partial charge in [-0.1, -0.05) is 315 Å². The van der Waals surface area contributed by atoms with Crippen molar-refractivity contribution in [2.24, 2.45) is 0 Å². The number of rotatable bonds is 58. The lowest BCUT2D eigenvalue weighted by molar-refractivity contribution is -0.143. The monoisotopic (exact) mass is 960 g/mol. The van der Waals surface area contributed by atoms with Crippen LogP contribution in [0.15, 0.2) is 12.2 Å². The summed E-state index contributed by atoms with van der Waals surface area (Å²) in [5.74, 6) is -0.0644. The first-order valence-electron chi connectivity index (χ1n) is 31.0. The number of carbonyl (C=O) groups excluding carboxylic acids is 2. The smallest absolute Gasteiger partial charge is 0.305 e. The summed E-state index contributed by atoms with van der Waals surface area (Å²) < 4.78 is 5.49. The number of allylic oxidation sites excluding steroid dienone is 1. The van der Waals surface area contributed by atoms with Crippen molar-refractivity contribution in [3.63, 3.8) is 0 Å². The van der Waals surface area contributed by atoms with Crippen molar-refractivity contribution in [3.05, 3.63) is 12.2 Å². The maximum absolute atomic E-state index is 12.5. The predicted octanol–water partition coefficient (Wildman–Crippen LogP) is 19.2. The zero-order valence-corrected chi connectivity index (χ0v) is 46.1. The summed E-state index contributed by atoms with van der Waals surface area (Å²) in [5.41, 5.74) is 0. The van der Waals surface area contributed by atoms with Gasteiger partial charge in [0, 0.05) is 12.8 Å². The first kappa shape index (κ1) is 66.6. The lowest BCUT2D eigenvalue weighted by atomic mass is 10.0. The number of hydrogen-bond acceptors (Lipinski definition) is 5. The van der Waals surface area contributed by atoms with E-state index in [0.717, 1.165) is 44.9 Å². The van der Waals surface area contributed by atoms with Crippen LogP contribution in [-0.2, 0) is 14.3 Å². The molecule has 6 nitrogen and oxygen atoms in total. The van der Waals surface area contributed by atoms with Crippen molar-refractivity contribution in [1.29, 1.82) is 0 Å². The van der Waals surface area contributed by atoms with Crippen LogP contribution in [-0.4, -0.2) is 47.4 Å². The Bertz CT molecular complexity index is 1020. The molecule has 2 atom stereocenters. The van der Waals surface area contributed by atoms with Gasteiger partial charge in [-0.3, -0.25) is 9.59 Å². The molecule has 6 heteroatoms. The van der Waals surface area contributed by atoms with Gasteiger partial charge in [-0.2, -0.15) is 0 Å². The fourth-order valence-electron chi connectivity index (χ4n) is 9.81. The number of aliphatic hydroxyl groups is 2. The Morgan fingerprint density at radius 3 is 1.00 bits per heavy atom. The molecule has 0 saturated heterocycles. The molecule has 3 N–H and O–H groups in total. The van der Waals surface area contributed by atoms with E-state index < -0.39 is 12.1 Å². The second-order valence-corrected chi connectivity index (χ2v) is 21.4. The van der Waals surface area contributed by atoms with Gasteiger partial charge in [0.25, 0.3) is 0 Å². The maximum atomic E-state index is 12.5. The normalized spacial score (nSPS) is 12.6. The molecule has 68 heavy (non-hydrogen) atoms. The van der Waals surface area contributed by atoms with E-state index in [0.29, 0.717) is 19.4 Å². The average Bonchev–Trinajstić information content (AvgIpc) is 3.34. The molecule has 0 aliphatic rings. The molecule has 0 fully saturated rings. The van der Waals surface area contributed by atoms with Gasteiger partial charge < -0.3 is 20.3 Å². The topological polar surface area (TPSA) is 95.9 Å². The average molecular weight is 961 g/mol. The van der Waals surface area contributed by atoms with Crippen molar-refractivity contribution >= 4 is 11.9 Å². The van der Waals surface area contributed by atoms with Crippen LogP contribution in [0.4, 0.5) is 0 Å². The summed E-state index contributed by atoms with van der Waals surface area (Å²) in [6.45, 7) is 4.92. The van der Waals surface area contributed by atoms with E-state index >= 15 is 0 Å². The highest BCUT2D eigenvalue weighted by Gasteiger charge is 2.18. The summed E-state index contributed by atoms with van der Waals surface area (Å²) >= 11 is 0. The summed E-state index contributed by atoms with van der Waals surface area (Å²) in [6.07, 6.45) is 69.5. The van der Waals surface area contributed by atoms with Crippen molar-refractivity contribution in [1.82, 2.24) is 5.32 Å². The van der Waals surface area contributed by atoms with Gasteiger partial charge in [0.1, 0.15) is 0 Å². The van der Waals surface area contributed by atoms with Gasteiger partial charge in [0.15, 0.2) is 0 Å². The summed E-state index contributed by atoms with van der Waals surface area (Å²) in [4.78, 5) is 24.6. The molecule has 0 radical (unpaired) electrons. The lowest BCUT2D eigenvalue weighted by Gasteiger charge is -2.20. The Kier molecular flexibility index (Phi) is 57.0. The molecule has 1 amide bonds. The van der Waals surface area contributed by atoms with E-state index in [2.05, 4.69) is 19.2 Å². The highest BCUT2D eigenvalue weighted by Crippen LogP contribution is 2.18. The summed E-state index contributed by atoms with van der Waals surface area (Å²) in [7, 11) is 0. The van der Waals surface area contributed by atoms with Crippen molar-refractivity contribution in [3.8, 4) is 0 Å². The predicted molar refractivity (Wildman–Crippen MR) is 297 cm³/mol. The minimum absolute atomic E-state index is 0.00695. The van der Waals surface area contributed by atoms with Crippen LogP contribution in [0, 0.1) is 0 Å². The highest BCUT2D eigenvalue weighted by molar-refractivity contribution is 5.76. The third kappa shape index (κ3) is 53.9. The maximum Gasteiger partial charge on any atom is 0.305 e. The van der Waals surface area contributed by atoms with Crippen LogP contribution >= 0.6 is 0 Å². The Morgan fingerprint density at radius 1 is 0.397 bits per heavy atom. The van der Waals surface area contributed by atoms with E-state index in [1.807, 2.05) is 6.08 Å². The third-order valence-electron chi connectivity index (χ3n) is 14.6. The molecule has 0 aliphatic carbocycles. The molecule has 2 unspecified atom stereocenters. The van der Waals surface area contributed by atoms with Gasteiger partial charge in [0.2, 0.25) is 5.91 Å². The fourth-order valence-corrected chi connectivity index (χ4v) is 9.81. The van der Waals surface area contributed by atoms with Crippen LogP contribution < -0.4 is 5.32 Å². The van der Waals surface area contributed by atoms with Gasteiger partial charge in [0.05, 0.1) is 25.4 Å². The fraction of sp³-hybridized carbons (Fsp3) is 0.935. The summed E-state index contributed by atoms with van der Waals surface area (Å²) in [5, 5.41) is 23.2. The van der Waals surface area contributed by atoms with E-state index in [9.17, 15) is 19.8 Å². The first-order valence-corrected chi connectivity index (χ1v) is 31.0. The highest BCUT2D eigenvalue weighted by atomic mass is 16.5. The van der Waals surface area contributed by atoms with Crippen LogP contribution in [0.2, 0.25) is 0 Å². The largest absolute Gasteiger partial charge is 0.466 e. The molecule has 0 aromatic rings. The number of amides is 1. The van der Waals surface area contributed by atoms with Crippen LogP contribution in [0.1, 0.15) is 348 Å². The molecule has 0 saturated carbocycles. The Morgan fingerprint density at radius 2 is 0.676 bits per heavy atom. The Labute approximate surface area is 425 Å². The Hall–Kier alpha value is -1.40. The van der Waals surface area contributed by atoms with E-state index in [1.165, 1.54) is 276 Å². The molecule has 0 rings (SSSR count). The molecule has 0 spiro atoms. The van der Waals surface area contributed by atoms with Crippen LogP contribution in [0.25, 0.3) is 0 Å². The number of unbranched alkanes of at least 4 members (excludes halogenated alkanes) is 47. The molecule has 0 bridgehead atoms. The Balaban J connectivity index is 3.43. The van der Waals surface area contributed by atoms with E-state index in [-0.39, 0.29) is 18.5 Å². The van der Waals surface area contributed by atoms with Crippen LogP contribution in [0.5, 0.6) is 0 Å². The molecular formula is C62H121NO5. The summed E-state index contributed by atoms with van der Waals surface area (Å²) in [6, 6.07) is -0.632. The number of nitrogens with one attached hydrogen (secondary N) is 1. The standard InChI is InChI=1S/C62H121NO5/c1-3-5-7-9-11-13-15-17-19-21-23-26-30-34-38-42-46-50-54-60(65)59(58-64)63-61(66)55-51-47-43-39-35-31-27-24-25-29-33-37-41-45-49-53-57-68-62(67)56-52-48-44-40-36-32-28-22-20-18-16-14-12-10-8-6-4-2/h50,54,59-60,64-65H,3-49,51-53,55-58H2,1-2H3,(H,63,66)/b54-50+. The van der Waals surface area contributed by atoms with Gasteiger partial charge in [-0.25, -0.2) is 0 Å². The van der Waals surface area contributed by atoms with Crippen molar-refractivity contribution in [2.75, 3.05) is 13.2 Å². The molecule has 404 valence electrons. The quantitative estimate of drug-likeness (QED) is 0.0321. The van der Waals surface area contributed by atoms with Crippen LogP contribution in [0.3, 0.4) is 0 Å². The molecular weight excluding hydrogens is 839 g/mol. The van der Waals surface area contributed by atoms with Gasteiger partial charge in [-0.05, 0) is 32.1 Å². The number of ether oxygens (including phenoxy) is 1. The lowest BCUT2D eigenvalue weighted by Crippen LogP contribution is -2.45. The second kappa shape index (κ2) is 58.2. The van der Waals surface area contributed by atoms with Gasteiger partial charge >= 0.3 is 5.97 Å². The zero-order valence-electron chi connectivity index (χ0n) is 46.1. The molecule has 0 aromatic carbocycles. The van der Waals surface area contributed by atoms with E-state index in [1.54, 1.807) is 6.08 Å². The zero-order chi connectivity index (χ0) is 49.3. The minimum atomic E-state index is -0.849. The third-order valence-corrected chi connectivity index (χ3v) is 14.6. The molecule has 0 heterocycles. The van der Waals surface area contributed by atoms with Crippen molar-refractivity contribution in [2.45, 2.75) is 360 Å². The number of hydrogen-bond donors (Lipinski definition) is 3. The van der Waals surface area contributed by atoms with Crippen molar-refractivity contribution < 1.29 is 24.5 Å². The first-order chi connectivity index (χ1) is 33.5. The number of esters is 1. The number of aliphatic hydroxyl groups excluding tert-OH is 2.